The molecule has 1 heterocycles. The molecular weight excluding hydrogens is 284 g/mol. The number of rotatable bonds is 8. The fraction of sp³-hybridized carbons (Fsp3) is 0.583. The zero-order chi connectivity index (χ0) is 15.3. The van der Waals surface area contributed by atoms with E-state index in [1.54, 1.807) is 0 Å². The molecule has 0 atom stereocenters. The molecule has 0 amide bonds. The van der Waals surface area contributed by atoms with Crippen molar-refractivity contribution in [2.24, 2.45) is 7.05 Å². The van der Waals surface area contributed by atoms with Crippen LogP contribution in [-0.4, -0.2) is 53.2 Å². The first-order valence-corrected chi connectivity index (χ1v) is 7.79. The first kappa shape index (κ1) is 16.7. The van der Waals surface area contributed by atoms with E-state index in [2.05, 4.69) is 0 Å². The van der Waals surface area contributed by atoms with E-state index >= 15 is 0 Å². The SMILES string of the molecule is CCCCN(CCO)S(=O)(=O)c1cc(C(=O)O)n(C)c1. The Kier molecular flexibility index (Phi) is 5.73. The number of aliphatic hydroxyl groups is 1. The van der Waals surface area contributed by atoms with Crippen LogP contribution < -0.4 is 0 Å². The number of carbonyl (C=O) groups is 1. The minimum atomic E-state index is -3.78. The van der Waals surface area contributed by atoms with Crippen molar-refractivity contribution in [1.29, 1.82) is 0 Å². The van der Waals surface area contributed by atoms with Crippen LogP contribution >= 0.6 is 0 Å². The maximum Gasteiger partial charge on any atom is 0.352 e. The molecule has 0 aliphatic rings. The van der Waals surface area contributed by atoms with Crippen LogP contribution in [0.4, 0.5) is 0 Å². The van der Waals surface area contributed by atoms with Gasteiger partial charge in [0.1, 0.15) is 10.6 Å². The summed E-state index contributed by atoms with van der Waals surface area (Å²) in [5, 5.41) is 17.9. The number of sulfonamides is 1. The lowest BCUT2D eigenvalue weighted by Gasteiger charge is -2.20. The van der Waals surface area contributed by atoms with Gasteiger partial charge in [-0.3, -0.25) is 0 Å². The maximum atomic E-state index is 12.4. The van der Waals surface area contributed by atoms with Crippen LogP contribution in [0.2, 0.25) is 0 Å². The summed E-state index contributed by atoms with van der Waals surface area (Å²) in [6.45, 7) is 1.96. The number of hydrogen-bond donors (Lipinski definition) is 2. The second kappa shape index (κ2) is 6.87. The minimum absolute atomic E-state index is 0.000365. The standard InChI is InChI=1S/C12H20N2O5S/c1-3-4-5-14(6-7-15)20(18,19)10-8-11(12(16)17)13(2)9-10/h8-9,15H,3-7H2,1-2H3,(H,16,17). The van der Waals surface area contributed by atoms with Crippen molar-refractivity contribution in [2.45, 2.75) is 24.7 Å². The molecule has 1 aromatic heterocycles. The summed E-state index contributed by atoms with van der Waals surface area (Å²) in [4.78, 5) is 10.9. The number of nitrogens with zero attached hydrogens (tertiary/aromatic N) is 2. The Balaban J connectivity index is 3.12. The summed E-state index contributed by atoms with van der Waals surface area (Å²) in [7, 11) is -2.30. The Bertz CT molecular complexity index is 564. The van der Waals surface area contributed by atoms with Gasteiger partial charge in [0.25, 0.3) is 0 Å². The summed E-state index contributed by atoms with van der Waals surface area (Å²) in [6.07, 6.45) is 2.78. The van der Waals surface area contributed by atoms with Gasteiger partial charge < -0.3 is 14.8 Å². The molecule has 0 aliphatic heterocycles. The number of hydrogen-bond acceptors (Lipinski definition) is 4. The Morgan fingerprint density at radius 2 is 2.05 bits per heavy atom. The summed E-state index contributed by atoms with van der Waals surface area (Å²) >= 11 is 0. The molecule has 0 aliphatic carbocycles. The van der Waals surface area contributed by atoms with Crippen molar-refractivity contribution in [3.05, 3.63) is 18.0 Å². The van der Waals surface area contributed by atoms with Gasteiger partial charge in [0.2, 0.25) is 10.0 Å². The van der Waals surface area contributed by atoms with Crippen LogP contribution in [-0.2, 0) is 17.1 Å². The van der Waals surface area contributed by atoms with Crippen molar-refractivity contribution in [1.82, 2.24) is 8.87 Å². The van der Waals surface area contributed by atoms with Crippen LogP contribution in [0.3, 0.4) is 0 Å². The quantitative estimate of drug-likeness (QED) is 0.729. The molecule has 0 unspecified atom stereocenters. The number of aliphatic hydroxyl groups excluding tert-OH is 1. The first-order valence-electron chi connectivity index (χ1n) is 6.35. The molecule has 114 valence electrons. The summed E-state index contributed by atoms with van der Waals surface area (Å²) in [5.74, 6) is -1.18. The van der Waals surface area contributed by atoms with Crippen LogP contribution in [0.15, 0.2) is 17.2 Å². The highest BCUT2D eigenvalue weighted by molar-refractivity contribution is 7.89. The van der Waals surface area contributed by atoms with Gasteiger partial charge in [0.15, 0.2) is 0 Å². The highest BCUT2D eigenvalue weighted by Gasteiger charge is 2.26. The number of aromatic nitrogens is 1. The normalized spacial score (nSPS) is 12.0. The van der Waals surface area contributed by atoms with Gasteiger partial charge in [-0.2, -0.15) is 4.31 Å². The second-order valence-electron chi connectivity index (χ2n) is 4.46. The molecule has 8 heteroatoms. The molecule has 0 saturated carbocycles. The van der Waals surface area contributed by atoms with Gasteiger partial charge in [-0.25, -0.2) is 13.2 Å². The molecule has 0 fully saturated rings. The molecule has 0 saturated heterocycles. The molecule has 7 nitrogen and oxygen atoms in total. The number of aromatic carboxylic acids is 1. The number of carboxylic acid groups (broad SMARTS) is 1. The van der Waals surface area contributed by atoms with Crippen LogP contribution in [0.25, 0.3) is 0 Å². The van der Waals surface area contributed by atoms with E-state index in [0.29, 0.717) is 13.0 Å². The van der Waals surface area contributed by atoms with Gasteiger partial charge in [-0.15, -0.1) is 0 Å². The lowest BCUT2D eigenvalue weighted by molar-refractivity contribution is 0.0686. The molecule has 20 heavy (non-hydrogen) atoms. The van der Waals surface area contributed by atoms with Gasteiger partial charge in [0, 0.05) is 26.3 Å². The summed E-state index contributed by atoms with van der Waals surface area (Å²) in [6, 6.07) is 1.13. The fourth-order valence-electron chi connectivity index (χ4n) is 1.84. The molecule has 1 rings (SSSR count). The number of carboxylic acids is 1. The third-order valence-corrected chi connectivity index (χ3v) is 4.81. The second-order valence-corrected chi connectivity index (χ2v) is 6.40. The van der Waals surface area contributed by atoms with Crippen LogP contribution in [0, 0.1) is 0 Å². The Hall–Kier alpha value is -1.38. The predicted molar refractivity (Wildman–Crippen MR) is 73.1 cm³/mol. The smallest absolute Gasteiger partial charge is 0.352 e. The Morgan fingerprint density at radius 3 is 2.50 bits per heavy atom. The van der Waals surface area contributed by atoms with Gasteiger partial charge in [0.05, 0.1) is 6.61 Å². The van der Waals surface area contributed by atoms with E-state index in [9.17, 15) is 13.2 Å². The number of aryl methyl sites for hydroxylation is 1. The van der Waals surface area contributed by atoms with E-state index in [1.807, 2.05) is 6.92 Å². The highest BCUT2D eigenvalue weighted by Crippen LogP contribution is 2.19. The zero-order valence-electron chi connectivity index (χ0n) is 11.6. The predicted octanol–water partition coefficient (Wildman–Crippen LogP) is 0.506. The average Bonchev–Trinajstić information content (AvgIpc) is 2.77. The van der Waals surface area contributed by atoms with Crippen molar-refractivity contribution in [3.63, 3.8) is 0 Å². The first-order chi connectivity index (χ1) is 9.34. The van der Waals surface area contributed by atoms with Gasteiger partial charge in [-0.05, 0) is 12.5 Å². The largest absolute Gasteiger partial charge is 0.477 e. The third-order valence-electron chi connectivity index (χ3n) is 2.95. The Labute approximate surface area is 118 Å². The van der Waals surface area contributed by atoms with Crippen LogP contribution in [0.1, 0.15) is 30.3 Å². The lowest BCUT2D eigenvalue weighted by Crippen LogP contribution is -2.34. The monoisotopic (exact) mass is 304 g/mol. The molecule has 2 N–H and O–H groups in total. The van der Waals surface area contributed by atoms with Crippen molar-refractivity contribution >= 4 is 16.0 Å². The van der Waals surface area contributed by atoms with Crippen LogP contribution in [0.5, 0.6) is 0 Å². The highest BCUT2D eigenvalue weighted by atomic mass is 32.2. The molecular formula is C12H20N2O5S. The number of unbranched alkanes of at least 4 members (excludes halogenated alkanes) is 1. The van der Waals surface area contributed by atoms with Gasteiger partial charge in [-0.1, -0.05) is 13.3 Å². The van der Waals surface area contributed by atoms with Crippen molar-refractivity contribution in [3.8, 4) is 0 Å². The average molecular weight is 304 g/mol. The summed E-state index contributed by atoms with van der Waals surface area (Å²) in [5.41, 5.74) is -0.0944. The minimum Gasteiger partial charge on any atom is -0.477 e. The molecule has 0 bridgehead atoms. The maximum absolute atomic E-state index is 12.4. The third kappa shape index (κ3) is 3.59. The molecule has 0 aromatic carbocycles. The zero-order valence-corrected chi connectivity index (χ0v) is 12.4. The molecule has 0 spiro atoms. The van der Waals surface area contributed by atoms with E-state index in [1.165, 1.54) is 22.1 Å². The van der Waals surface area contributed by atoms with E-state index in [-0.39, 0.29) is 23.7 Å². The molecule has 0 radical (unpaired) electrons. The van der Waals surface area contributed by atoms with E-state index in [0.717, 1.165) is 12.5 Å². The lowest BCUT2D eigenvalue weighted by atomic mass is 10.3. The summed E-state index contributed by atoms with van der Waals surface area (Å²) < 4.78 is 27.3. The fourth-order valence-corrected chi connectivity index (χ4v) is 3.38. The van der Waals surface area contributed by atoms with Crippen molar-refractivity contribution < 1.29 is 23.4 Å². The van der Waals surface area contributed by atoms with Gasteiger partial charge >= 0.3 is 5.97 Å². The Morgan fingerprint density at radius 1 is 1.40 bits per heavy atom. The topological polar surface area (TPSA) is 99.8 Å². The van der Waals surface area contributed by atoms with E-state index in [4.69, 9.17) is 10.2 Å². The van der Waals surface area contributed by atoms with Crippen molar-refractivity contribution in [2.75, 3.05) is 19.7 Å². The van der Waals surface area contributed by atoms with E-state index < -0.39 is 16.0 Å². The molecule has 1 aromatic rings.